The number of ketones is 1. The molecule has 5 rings (SSSR count). The maximum atomic E-state index is 13.2. The highest BCUT2D eigenvalue weighted by atomic mass is 16.2. The number of fused-ring (bicyclic) bond motifs is 1. The molecule has 0 radical (unpaired) electrons. The minimum Gasteiger partial charge on any atom is -0.357 e. The number of H-pyrrole nitrogens is 1. The summed E-state index contributed by atoms with van der Waals surface area (Å²) in [5, 5.41) is 3.15. The molecule has 3 aromatic rings. The van der Waals surface area contributed by atoms with Crippen LogP contribution in [0.3, 0.4) is 0 Å². The fourth-order valence-corrected chi connectivity index (χ4v) is 4.51. The lowest BCUT2D eigenvalue weighted by Gasteiger charge is -2.39. The molecule has 0 aliphatic carbocycles. The Morgan fingerprint density at radius 2 is 1.89 bits per heavy atom. The Labute approximate surface area is 201 Å². The quantitative estimate of drug-likeness (QED) is 0.439. The number of nitrogens with zero attached hydrogens (tertiary/aromatic N) is 4. The van der Waals surface area contributed by atoms with Crippen molar-refractivity contribution in [3.05, 3.63) is 72.3 Å². The molecule has 35 heavy (non-hydrogen) atoms. The lowest BCUT2D eigenvalue weighted by atomic mass is 10.1. The summed E-state index contributed by atoms with van der Waals surface area (Å²) in [7, 11) is 0. The third-order valence-corrected chi connectivity index (χ3v) is 6.30. The molecule has 1 aromatic carbocycles. The van der Waals surface area contributed by atoms with Gasteiger partial charge in [-0.1, -0.05) is 18.2 Å². The Morgan fingerprint density at radius 1 is 1.09 bits per heavy atom. The fraction of sp³-hybridized carbons (Fsp3) is 0.240. The molecule has 1 fully saturated rings. The molecule has 1 atom stereocenters. The number of Topliss-reactive ketones (excluding diaryl/α,β-unsaturated/α-hetero) is 1. The van der Waals surface area contributed by atoms with Gasteiger partial charge in [-0.2, -0.15) is 0 Å². The standard InChI is InChI=1S/C25H24N6O4/c1-16-14-30(11-12-31(16)24(34)17-5-3-2-4-6-17)25(35)22(33)19-13-28-21-18(19)7-8-27-23(21)29-10-9-26-20(32)15-29/h2-10,13,16,28H,11-12,14-15H2,1H3,(H,26,32)/t16-/m1/s1. The summed E-state index contributed by atoms with van der Waals surface area (Å²) in [5.74, 6) is -1.02. The molecule has 2 N–H and O–H groups in total. The number of amides is 3. The van der Waals surface area contributed by atoms with Crippen molar-refractivity contribution in [3.63, 3.8) is 0 Å². The molecule has 2 aliphatic rings. The van der Waals surface area contributed by atoms with Gasteiger partial charge in [0.05, 0.1) is 11.1 Å². The number of anilines is 1. The number of aromatic nitrogens is 2. The van der Waals surface area contributed by atoms with Gasteiger partial charge in [-0.25, -0.2) is 4.98 Å². The zero-order valence-corrected chi connectivity index (χ0v) is 19.1. The second-order valence-electron chi connectivity index (χ2n) is 8.56. The lowest BCUT2D eigenvalue weighted by molar-refractivity contribution is -0.128. The molecule has 10 heteroatoms. The van der Waals surface area contributed by atoms with Crippen LogP contribution in [0.1, 0.15) is 27.6 Å². The zero-order chi connectivity index (χ0) is 24.5. The largest absolute Gasteiger partial charge is 0.357 e. The van der Waals surface area contributed by atoms with Gasteiger partial charge in [0.1, 0.15) is 6.54 Å². The maximum Gasteiger partial charge on any atom is 0.295 e. The Bertz CT molecular complexity index is 1350. The first kappa shape index (κ1) is 22.3. The topological polar surface area (TPSA) is 119 Å². The van der Waals surface area contributed by atoms with E-state index in [1.165, 1.54) is 17.3 Å². The van der Waals surface area contributed by atoms with Crippen molar-refractivity contribution in [2.45, 2.75) is 13.0 Å². The van der Waals surface area contributed by atoms with E-state index in [0.29, 0.717) is 28.8 Å². The van der Waals surface area contributed by atoms with Crippen LogP contribution < -0.4 is 10.2 Å². The summed E-state index contributed by atoms with van der Waals surface area (Å²) in [6.07, 6.45) is 6.26. The second kappa shape index (κ2) is 9.05. The molecule has 10 nitrogen and oxygen atoms in total. The van der Waals surface area contributed by atoms with Gasteiger partial charge in [0.2, 0.25) is 5.91 Å². The van der Waals surface area contributed by atoms with Crippen LogP contribution in [-0.4, -0.2) is 75.5 Å². The minimum absolute atomic E-state index is 0.0892. The van der Waals surface area contributed by atoms with E-state index in [2.05, 4.69) is 15.3 Å². The van der Waals surface area contributed by atoms with E-state index in [1.807, 2.05) is 25.1 Å². The van der Waals surface area contributed by atoms with Gasteiger partial charge >= 0.3 is 0 Å². The average Bonchev–Trinajstić information content (AvgIpc) is 3.32. The summed E-state index contributed by atoms with van der Waals surface area (Å²) in [4.78, 5) is 63.2. The minimum atomic E-state index is -0.629. The molecule has 0 unspecified atom stereocenters. The van der Waals surface area contributed by atoms with Crippen LogP contribution >= 0.6 is 0 Å². The number of hydrogen-bond acceptors (Lipinski definition) is 6. The Hall–Kier alpha value is -4.47. The Kier molecular flexibility index (Phi) is 5.77. The molecular weight excluding hydrogens is 448 g/mol. The molecule has 1 saturated heterocycles. The van der Waals surface area contributed by atoms with E-state index in [9.17, 15) is 19.2 Å². The van der Waals surface area contributed by atoms with Crippen molar-refractivity contribution < 1.29 is 19.2 Å². The van der Waals surface area contributed by atoms with Crippen LogP contribution in [0.5, 0.6) is 0 Å². The third-order valence-electron chi connectivity index (χ3n) is 6.30. The zero-order valence-electron chi connectivity index (χ0n) is 19.1. The highest BCUT2D eigenvalue weighted by molar-refractivity contribution is 6.45. The molecule has 2 aromatic heterocycles. The molecule has 0 spiro atoms. The fourth-order valence-electron chi connectivity index (χ4n) is 4.51. The molecule has 178 valence electrons. The lowest BCUT2D eigenvalue weighted by Crippen LogP contribution is -2.56. The number of nitrogens with one attached hydrogen (secondary N) is 2. The SMILES string of the molecule is C[C@@H]1CN(C(=O)C(=O)c2c[nH]c3c(N4C=CNC(=O)C4)nccc23)CCN1C(=O)c1ccccc1. The van der Waals surface area contributed by atoms with E-state index >= 15 is 0 Å². The summed E-state index contributed by atoms with van der Waals surface area (Å²) in [5.41, 5.74) is 1.41. The van der Waals surface area contributed by atoms with Crippen LogP contribution in [0.4, 0.5) is 5.82 Å². The van der Waals surface area contributed by atoms with E-state index in [-0.39, 0.29) is 43.1 Å². The molecule has 0 saturated carbocycles. The van der Waals surface area contributed by atoms with Crippen molar-refractivity contribution in [1.82, 2.24) is 25.1 Å². The Balaban J connectivity index is 1.33. The van der Waals surface area contributed by atoms with E-state index in [4.69, 9.17) is 0 Å². The van der Waals surface area contributed by atoms with Gasteiger partial charge in [-0.15, -0.1) is 0 Å². The van der Waals surface area contributed by atoms with E-state index < -0.39 is 11.7 Å². The predicted molar refractivity (Wildman–Crippen MR) is 129 cm³/mol. The van der Waals surface area contributed by atoms with Crippen LogP contribution in [0.25, 0.3) is 10.9 Å². The molecule has 4 heterocycles. The van der Waals surface area contributed by atoms with E-state index in [0.717, 1.165) is 0 Å². The van der Waals surface area contributed by atoms with Gasteiger partial charge in [0.25, 0.3) is 17.6 Å². The van der Waals surface area contributed by atoms with Crippen LogP contribution in [0, 0.1) is 0 Å². The summed E-state index contributed by atoms with van der Waals surface area (Å²) in [6.45, 7) is 2.85. The van der Waals surface area contributed by atoms with E-state index in [1.54, 1.807) is 40.4 Å². The van der Waals surface area contributed by atoms with Crippen LogP contribution in [0.15, 0.2) is 61.2 Å². The number of carbonyl (C=O) groups is 4. The summed E-state index contributed by atoms with van der Waals surface area (Å²) in [6, 6.07) is 10.5. The highest BCUT2D eigenvalue weighted by Crippen LogP contribution is 2.27. The van der Waals surface area contributed by atoms with Crippen LogP contribution in [-0.2, 0) is 9.59 Å². The number of piperazine rings is 1. The number of carbonyl (C=O) groups excluding carboxylic acids is 4. The summed E-state index contributed by atoms with van der Waals surface area (Å²) >= 11 is 0. The average molecular weight is 473 g/mol. The molecule has 3 amide bonds. The second-order valence-corrected chi connectivity index (χ2v) is 8.56. The van der Waals surface area contributed by atoms with Gasteiger partial charge in [-0.05, 0) is 25.1 Å². The van der Waals surface area contributed by atoms with Crippen molar-refractivity contribution in [2.75, 3.05) is 31.1 Å². The first-order valence-electron chi connectivity index (χ1n) is 11.3. The number of benzene rings is 1. The molecule has 2 aliphatic heterocycles. The van der Waals surface area contributed by atoms with Gasteiger partial charge < -0.3 is 25.0 Å². The van der Waals surface area contributed by atoms with Crippen LogP contribution in [0.2, 0.25) is 0 Å². The van der Waals surface area contributed by atoms with Crippen molar-refractivity contribution in [3.8, 4) is 0 Å². The normalized spacial score (nSPS) is 18.0. The predicted octanol–water partition coefficient (Wildman–Crippen LogP) is 1.53. The first-order valence-corrected chi connectivity index (χ1v) is 11.3. The maximum absolute atomic E-state index is 13.2. The first-order chi connectivity index (χ1) is 16.9. The monoisotopic (exact) mass is 472 g/mol. The molecule has 0 bridgehead atoms. The van der Waals surface area contributed by atoms with Crippen molar-refractivity contribution in [1.29, 1.82) is 0 Å². The van der Waals surface area contributed by atoms with Gasteiger partial charge in [0, 0.05) is 61.4 Å². The van der Waals surface area contributed by atoms with Gasteiger partial charge in [0.15, 0.2) is 5.82 Å². The number of rotatable bonds is 4. The molecular formula is C25H24N6O4. The number of pyridine rings is 1. The third kappa shape index (κ3) is 4.14. The number of hydrogen-bond donors (Lipinski definition) is 2. The Morgan fingerprint density at radius 3 is 2.63 bits per heavy atom. The van der Waals surface area contributed by atoms with Gasteiger partial charge in [-0.3, -0.25) is 19.2 Å². The van der Waals surface area contributed by atoms with Crippen molar-refractivity contribution >= 4 is 40.2 Å². The summed E-state index contributed by atoms with van der Waals surface area (Å²) < 4.78 is 0. The number of aromatic amines is 1. The van der Waals surface area contributed by atoms with Crippen molar-refractivity contribution in [2.24, 2.45) is 0 Å². The smallest absolute Gasteiger partial charge is 0.295 e. The highest BCUT2D eigenvalue weighted by Gasteiger charge is 2.34.